The molecule has 7 nitrogen and oxygen atoms in total. The summed E-state index contributed by atoms with van der Waals surface area (Å²) in [5.41, 5.74) is 0.763. The number of carbonyl (C=O) groups is 1. The molecule has 0 spiro atoms. The second-order valence-corrected chi connectivity index (χ2v) is 9.01. The molecule has 1 N–H and O–H groups in total. The molecule has 4 rings (SSSR count). The molecule has 2 aliphatic carbocycles. The summed E-state index contributed by atoms with van der Waals surface area (Å²) in [6.07, 6.45) is 12.0. The molecule has 2 fully saturated rings. The number of tetrazole rings is 1. The van der Waals surface area contributed by atoms with Crippen molar-refractivity contribution in [2.45, 2.75) is 81.4 Å². The predicted octanol–water partition coefficient (Wildman–Crippen LogP) is 3.95. The van der Waals surface area contributed by atoms with Crippen molar-refractivity contribution in [3.63, 3.8) is 0 Å². The zero-order valence-electron chi connectivity index (χ0n) is 16.7. The minimum atomic E-state index is 0.196. The molecule has 29 heavy (non-hydrogen) atoms. The zero-order chi connectivity index (χ0) is 20.1. The summed E-state index contributed by atoms with van der Waals surface area (Å²) >= 11 is 1.39. The maximum absolute atomic E-state index is 13.3. The quantitative estimate of drug-likeness (QED) is 0.719. The Morgan fingerprint density at radius 3 is 2.17 bits per heavy atom. The van der Waals surface area contributed by atoms with E-state index >= 15 is 0 Å². The molecular formula is C21H29N5O2S. The van der Waals surface area contributed by atoms with Crippen molar-refractivity contribution in [3.05, 3.63) is 24.3 Å². The molecular weight excluding hydrogens is 386 g/mol. The van der Waals surface area contributed by atoms with Gasteiger partial charge in [0, 0.05) is 12.1 Å². The van der Waals surface area contributed by atoms with E-state index < -0.39 is 0 Å². The average molecular weight is 416 g/mol. The van der Waals surface area contributed by atoms with Crippen molar-refractivity contribution >= 4 is 17.7 Å². The number of rotatable bonds is 6. The summed E-state index contributed by atoms with van der Waals surface area (Å²) in [5, 5.41) is 22.0. The molecule has 156 valence electrons. The van der Waals surface area contributed by atoms with E-state index in [2.05, 4.69) is 20.4 Å². The second kappa shape index (κ2) is 9.61. The van der Waals surface area contributed by atoms with Crippen LogP contribution in [0.1, 0.15) is 64.2 Å². The number of hydrogen-bond donors (Lipinski definition) is 1. The van der Waals surface area contributed by atoms with E-state index in [1.807, 2.05) is 0 Å². The van der Waals surface area contributed by atoms with Gasteiger partial charge in [0.05, 0.1) is 11.4 Å². The maximum atomic E-state index is 13.3. The number of carbonyl (C=O) groups excluding carboxylic acids is 1. The van der Waals surface area contributed by atoms with E-state index in [1.165, 1.54) is 50.3 Å². The van der Waals surface area contributed by atoms with Gasteiger partial charge in [0.15, 0.2) is 0 Å². The van der Waals surface area contributed by atoms with Gasteiger partial charge in [-0.25, -0.2) is 0 Å². The third-order valence-electron chi connectivity index (χ3n) is 6.08. The SMILES string of the molecule is O=C(CSc1nnnn1-c1ccc(O)cc1)N(C1CCCCC1)C1CCCCC1. The fraction of sp³-hybridized carbons (Fsp3) is 0.619. The van der Waals surface area contributed by atoms with Crippen LogP contribution in [0.15, 0.2) is 29.4 Å². The summed E-state index contributed by atoms with van der Waals surface area (Å²) in [4.78, 5) is 15.6. The molecule has 8 heteroatoms. The molecule has 2 aliphatic rings. The van der Waals surface area contributed by atoms with Crippen LogP contribution in [-0.4, -0.2) is 54.0 Å². The minimum absolute atomic E-state index is 0.196. The van der Waals surface area contributed by atoms with Crippen LogP contribution in [0.4, 0.5) is 0 Å². The number of phenols is 1. The Bertz CT molecular complexity index is 780. The van der Waals surface area contributed by atoms with Crippen LogP contribution >= 0.6 is 11.8 Å². The lowest BCUT2D eigenvalue weighted by Gasteiger charge is -2.41. The van der Waals surface area contributed by atoms with Crippen molar-refractivity contribution in [3.8, 4) is 11.4 Å². The van der Waals surface area contributed by atoms with Crippen LogP contribution in [0, 0.1) is 0 Å². The first-order valence-corrected chi connectivity index (χ1v) is 11.7. The third-order valence-corrected chi connectivity index (χ3v) is 6.99. The predicted molar refractivity (Wildman–Crippen MR) is 112 cm³/mol. The standard InChI is InChI=1S/C21H29N5O2S/c27-19-13-11-18(12-14-19)26-21(22-23-24-26)29-15-20(28)25(16-7-3-1-4-8-16)17-9-5-2-6-10-17/h11-14,16-17,27H,1-10,15H2. The van der Waals surface area contributed by atoms with Crippen molar-refractivity contribution < 1.29 is 9.90 Å². The number of amides is 1. The molecule has 1 amide bonds. The first kappa shape index (κ1) is 20.2. The van der Waals surface area contributed by atoms with Gasteiger partial charge in [-0.2, -0.15) is 4.68 Å². The van der Waals surface area contributed by atoms with Gasteiger partial charge in [0.2, 0.25) is 11.1 Å². The zero-order valence-corrected chi connectivity index (χ0v) is 17.6. The summed E-state index contributed by atoms with van der Waals surface area (Å²) < 4.78 is 1.61. The highest BCUT2D eigenvalue weighted by molar-refractivity contribution is 7.99. The fourth-order valence-corrected chi connectivity index (χ4v) is 5.41. The molecule has 1 aromatic carbocycles. The van der Waals surface area contributed by atoms with Gasteiger partial charge in [-0.1, -0.05) is 50.3 Å². The first-order chi connectivity index (χ1) is 14.2. The summed E-state index contributed by atoms with van der Waals surface area (Å²) in [6, 6.07) is 7.51. The number of hydrogen-bond acceptors (Lipinski definition) is 6. The Kier molecular flexibility index (Phi) is 6.69. The summed E-state index contributed by atoms with van der Waals surface area (Å²) in [5.74, 6) is 0.765. The van der Waals surface area contributed by atoms with E-state index in [1.54, 1.807) is 28.9 Å². The lowest BCUT2D eigenvalue weighted by molar-refractivity contribution is -0.135. The summed E-state index contributed by atoms with van der Waals surface area (Å²) in [7, 11) is 0. The highest BCUT2D eigenvalue weighted by Crippen LogP contribution is 2.31. The van der Waals surface area contributed by atoms with Gasteiger partial charge < -0.3 is 10.0 Å². The molecule has 0 atom stereocenters. The molecule has 1 aromatic heterocycles. The lowest BCUT2D eigenvalue weighted by Crippen LogP contribution is -2.49. The molecule has 1 heterocycles. The number of thioether (sulfide) groups is 1. The normalized spacial score (nSPS) is 18.6. The van der Waals surface area contributed by atoms with E-state index in [9.17, 15) is 9.90 Å². The third kappa shape index (κ3) is 4.91. The minimum Gasteiger partial charge on any atom is -0.508 e. The Morgan fingerprint density at radius 2 is 1.59 bits per heavy atom. The van der Waals surface area contributed by atoms with Gasteiger partial charge in [0.1, 0.15) is 5.75 Å². The van der Waals surface area contributed by atoms with Gasteiger partial charge >= 0.3 is 0 Å². The Hall–Kier alpha value is -2.09. The fourth-order valence-electron chi connectivity index (χ4n) is 4.65. The molecule has 0 bridgehead atoms. The van der Waals surface area contributed by atoms with Crippen molar-refractivity contribution in [1.29, 1.82) is 0 Å². The van der Waals surface area contributed by atoms with Crippen LogP contribution in [-0.2, 0) is 4.79 Å². The smallest absolute Gasteiger partial charge is 0.233 e. The van der Waals surface area contributed by atoms with Gasteiger partial charge in [0.25, 0.3) is 0 Å². The molecule has 0 unspecified atom stereocenters. The largest absolute Gasteiger partial charge is 0.508 e. The van der Waals surface area contributed by atoms with Crippen LogP contribution in [0.5, 0.6) is 5.75 Å². The Balaban J connectivity index is 1.45. The highest BCUT2D eigenvalue weighted by atomic mass is 32.2. The number of benzene rings is 1. The highest BCUT2D eigenvalue weighted by Gasteiger charge is 2.32. The van der Waals surface area contributed by atoms with Crippen molar-refractivity contribution in [2.24, 2.45) is 0 Å². The monoisotopic (exact) mass is 415 g/mol. The maximum Gasteiger partial charge on any atom is 0.233 e. The van der Waals surface area contributed by atoms with Crippen LogP contribution in [0.25, 0.3) is 5.69 Å². The van der Waals surface area contributed by atoms with Gasteiger partial charge in [-0.05, 0) is 60.4 Å². The lowest BCUT2D eigenvalue weighted by atomic mass is 9.88. The van der Waals surface area contributed by atoms with E-state index in [0.29, 0.717) is 23.0 Å². The number of phenolic OH excluding ortho intramolecular Hbond substituents is 1. The van der Waals surface area contributed by atoms with Crippen molar-refractivity contribution in [1.82, 2.24) is 25.1 Å². The second-order valence-electron chi connectivity index (χ2n) is 8.06. The number of aromatic hydroxyl groups is 1. The van der Waals surface area contributed by atoms with Crippen LogP contribution in [0.2, 0.25) is 0 Å². The average Bonchev–Trinajstić information content (AvgIpc) is 3.23. The molecule has 0 radical (unpaired) electrons. The van der Waals surface area contributed by atoms with E-state index in [-0.39, 0.29) is 11.7 Å². The van der Waals surface area contributed by atoms with Gasteiger partial charge in [-0.15, -0.1) is 5.10 Å². The van der Waals surface area contributed by atoms with Crippen molar-refractivity contribution in [2.75, 3.05) is 5.75 Å². The van der Waals surface area contributed by atoms with E-state index in [4.69, 9.17) is 0 Å². The topological polar surface area (TPSA) is 84.1 Å². The molecule has 2 aromatic rings. The number of aromatic nitrogens is 4. The molecule has 0 saturated heterocycles. The molecule has 2 saturated carbocycles. The van der Waals surface area contributed by atoms with Gasteiger partial charge in [-0.3, -0.25) is 4.79 Å². The number of nitrogens with zero attached hydrogens (tertiary/aromatic N) is 5. The van der Waals surface area contributed by atoms with Crippen LogP contribution in [0.3, 0.4) is 0 Å². The summed E-state index contributed by atoms with van der Waals surface area (Å²) in [6.45, 7) is 0. The Morgan fingerprint density at radius 1 is 1.00 bits per heavy atom. The molecule has 0 aliphatic heterocycles. The van der Waals surface area contributed by atoms with Crippen LogP contribution < -0.4 is 0 Å². The van der Waals surface area contributed by atoms with E-state index in [0.717, 1.165) is 31.4 Å². The Labute approximate surface area is 175 Å². The first-order valence-electron chi connectivity index (χ1n) is 10.7.